The highest BCUT2D eigenvalue weighted by atomic mass is 16.5. The van der Waals surface area contributed by atoms with Gasteiger partial charge in [-0.25, -0.2) is 0 Å². The van der Waals surface area contributed by atoms with Crippen molar-refractivity contribution in [1.82, 2.24) is 5.32 Å². The zero-order valence-electron chi connectivity index (χ0n) is 11.6. The smallest absolute Gasteiger partial charge is 0.255 e. The highest BCUT2D eigenvalue weighted by molar-refractivity contribution is 5.98. The fraction of sp³-hybridized carbons (Fsp3) is 0.500. The molecular weight excluding hydrogens is 260 g/mol. The van der Waals surface area contributed by atoms with Crippen LogP contribution in [0.1, 0.15) is 23.7 Å². The molecule has 0 aromatic heterocycles. The van der Waals surface area contributed by atoms with Gasteiger partial charge in [-0.15, -0.1) is 0 Å². The summed E-state index contributed by atoms with van der Waals surface area (Å²) in [5.74, 6) is -0.295. The van der Waals surface area contributed by atoms with Gasteiger partial charge in [0, 0.05) is 12.6 Å². The lowest BCUT2D eigenvalue weighted by Gasteiger charge is -2.42. The third kappa shape index (κ3) is 2.71. The average Bonchev–Trinajstić information content (AvgIpc) is 2.44. The fourth-order valence-corrected chi connectivity index (χ4v) is 2.33. The third-order valence-corrected chi connectivity index (χ3v) is 3.51. The summed E-state index contributed by atoms with van der Waals surface area (Å²) in [4.78, 5) is 12.2. The molecule has 1 amide bonds. The summed E-state index contributed by atoms with van der Waals surface area (Å²) in [6.07, 6.45) is 0.662. The summed E-state index contributed by atoms with van der Waals surface area (Å²) in [5.41, 5.74) is 6.05. The largest absolute Gasteiger partial charge is 0.504 e. The second-order valence-electron chi connectivity index (χ2n) is 4.75. The number of carbonyl (C=O) groups is 1. The number of benzene rings is 1. The Morgan fingerprint density at radius 3 is 2.90 bits per heavy atom. The number of amides is 1. The van der Waals surface area contributed by atoms with Crippen molar-refractivity contribution in [2.45, 2.75) is 31.5 Å². The summed E-state index contributed by atoms with van der Waals surface area (Å²) in [6.45, 7) is 2.48. The van der Waals surface area contributed by atoms with Gasteiger partial charge in [0.2, 0.25) is 0 Å². The summed E-state index contributed by atoms with van der Waals surface area (Å²) in [6, 6.07) is 4.42. The Hall–Kier alpha value is -1.79. The monoisotopic (exact) mass is 280 g/mol. The van der Waals surface area contributed by atoms with Gasteiger partial charge < -0.3 is 25.6 Å². The number of ether oxygens (including phenoxy) is 2. The molecule has 20 heavy (non-hydrogen) atoms. The van der Waals surface area contributed by atoms with Crippen molar-refractivity contribution in [2.24, 2.45) is 5.73 Å². The molecule has 0 saturated heterocycles. The van der Waals surface area contributed by atoms with E-state index >= 15 is 0 Å². The first-order chi connectivity index (χ1) is 9.58. The molecule has 110 valence electrons. The molecule has 1 aromatic rings. The Balaban J connectivity index is 2.08. The molecule has 0 heterocycles. The number of phenols is 1. The zero-order valence-corrected chi connectivity index (χ0v) is 11.6. The minimum absolute atomic E-state index is 0.0632. The molecule has 2 rings (SSSR count). The van der Waals surface area contributed by atoms with Gasteiger partial charge in [0.1, 0.15) is 0 Å². The molecule has 6 nitrogen and oxygen atoms in total. The Labute approximate surface area is 117 Å². The van der Waals surface area contributed by atoms with Crippen molar-refractivity contribution >= 4 is 5.91 Å². The van der Waals surface area contributed by atoms with Crippen molar-refractivity contribution in [3.63, 3.8) is 0 Å². The van der Waals surface area contributed by atoms with Crippen molar-refractivity contribution in [3.05, 3.63) is 23.8 Å². The van der Waals surface area contributed by atoms with Crippen LogP contribution in [0.15, 0.2) is 18.2 Å². The lowest BCUT2D eigenvalue weighted by Crippen LogP contribution is -2.64. The number of hydrogen-bond acceptors (Lipinski definition) is 5. The minimum Gasteiger partial charge on any atom is -0.504 e. The molecule has 1 fully saturated rings. The van der Waals surface area contributed by atoms with Gasteiger partial charge in [0.05, 0.1) is 24.8 Å². The van der Waals surface area contributed by atoms with Gasteiger partial charge in [0.15, 0.2) is 11.5 Å². The normalized spacial score (nSPS) is 24.9. The Morgan fingerprint density at radius 2 is 2.30 bits per heavy atom. The average molecular weight is 280 g/mol. The lowest BCUT2D eigenvalue weighted by molar-refractivity contribution is -0.0300. The molecule has 0 spiro atoms. The quantitative estimate of drug-likeness (QED) is 0.735. The molecule has 4 N–H and O–H groups in total. The van der Waals surface area contributed by atoms with E-state index in [1.807, 2.05) is 6.92 Å². The van der Waals surface area contributed by atoms with E-state index < -0.39 is 0 Å². The molecular formula is C14H20N2O4. The van der Waals surface area contributed by atoms with Gasteiger partial charge >= 0.3 is 0 Å². The summed E-state index contributed by atoms with van der Waals surface area (Å²) in [7, 11) is 1.43. The van der Waals surface area contributed by atoms with Crippen LogP contribution in [0, 0.1) is 0 Å². The van der Waals surface area contributed by atoms with Gasteiger partial charge in [-0.1, -0.05) is 6.07 Å². The van der Waals surface area contributed by atoms with E-state index in [-0.39, 0.29) is 41.2 Å². The summed E-state index contributed by atoms with van der Waals surface area (Å²) in [5, 5.41) is 12.8. The van der Waals surface area contributed by atoms with Crippen LogP contribution in [-0.2, 0) is 4.74 Å². The van der Waals surface area contributed by atoms with Crippen molar-refractivity contribution in [3.8, 4) is 11.5 Å². The topological polar surface area (TPSA) is 93.8 Å². The first kappa shape index (κ1) is 14.6. The molecule has 1 aromatic carbocycles. The van der Waals surface area contributed by atoms with Crippen molar-refractivity contribution < 1.29 is 19.4 Å². The van der Waals surface area contributed by atoms with Crippen LogP contribution < -0.4 is 15.8 Å². The van der Waals surface area contributed by atoms with Crippen LogP contribution >= 0.6 is 0 Å². The lowest BCUT2D eigenvalue weighted by atomic mass is 9.83. The van der Waals surface area contributed by atoms with E-state index in [0.717, 1.165) is 6.42 Å². The summed E-state index contributed by atoms with van der Waals surface area (Å²) < 4.78 is 10.5. The maximum atomic E-state index is 12.2. The summed E-state index contributed by atoms with van der Waals surface area (Å²) >= 11 is 0. The van der Waals surface area contributed by atoms with Gasteiger partial charge in [0.25, 0.3) is 5.91 Å². The molecule has 0 aliphatic heterocycles. The molecule has 1 aliphatic carbocycles. The number of para-hydroxylation sites is 1. The van der Waals surface area contributed by atoms with E-state index in [0.29, 0.717) is 6.61 Å². The molecule has 1 saturated carbocycles. The number of rotatable bonds is 5. The van der Waals surface area contributed by atoms with E-state index in [1.54, 1.807) is 12.1 Å². The molecule has 6 heteroatoms. The predicted octanol–water partition coefficient (Wildman–Crippen LogP) is 0.635. The second-order valence-corrected chi connectivity index (χ2v) is 4.75. The van der Waals surface area contributed by atoms with Crippen molar-refractivity contribution in [1.29, 1.82) is 0 Å². The maximum absolute atomic E-state index is 12.2. The number of aromatic hydroxyl groups is 1. The van der Waals surface area contributed by atoms with Gasteiger partial charge in [-0.3, -0.25) is 4.79 Å². The highest BCUT2D eigenvalue weighted by Crippen LogP contribution is 2.30. The van der Waals surface area contributed by atoms with Crippen LogP contribution in [0.4, 0.5) is 0 Å². The first-order valence-corrected chi connectivity index (χ1v) is 6.62. The van der Waals surface area contributed by atoms with Crippen LogP contribution in [-0.4, -0.2) is 42.9 Å². The van der Waals surface area contributed by atoms with Crippen LogP contribution in [0.2, 0.25) is 0 Å². The number of hydrogen-bond donors (Lipinski definition) is 3. The maximum Gasteiger partial charge on any atom is 0.255 e. The second kappa shape index (κ2) is 6.11. The van der Waals surface area contributed by atoms with E-state index in [4.69, 9.17) is 15.2 Å². The molecule has 3 atom stereocenters. The third-order valence-electron chi connectivity index (χ3n) is 3.51. The minimum atomic E-state index is -0.383. The molecule has 0 bridgehead atoms. The van der Waals surface area contributed by atoms with E-state index in [2.05, 4.69) is 5.32 Å². The van der Waals surface area contributed by atoms with Crippen LogP contribution in [0.3, 0.4) is 0 Å². The Morgan fingerprint density at radius 1 is 1.55 bits per heavy atom. The van der Waals surface area contributed by atoms with Crippen LogP contribution in [0.25, 0.3) is 0 Å². The molecule has 1 aliphatic rings. The number of phenolic OH excluding ortho intramolecular Hbond substituents is 1. The highest BCUT2D eigenvalue weighted by Gasteiger charge is 2.40. The van der Waals surface area contributed by atoms with Gasteiger partial charge in [-0.05, 0) is 25.5 Å². The van der Waals surface area contributed by atoms with Gasteiger partial charge in [-0.2, -0.15) is 0 Å². The van der Waals surface area contributed by atoms with E-state index in [1.165, 1.54) is 13.2 Å². The fourth-order valence-electron chi connectivity index (χ4n) is 2.33. The predicted molar refractivity (Wildman–Crippen MR) is 73.9 cm³/mol. The molecule has 0 radical (unpaired) electrons. The SMILES string of the molecule is CCOC1CC(N)C1NC(=O)c1cccc(OC)c1O. The number of nitrogens with one attached hydrogen (secondary N) is 1. The Bertz CT molecular complexity index is 490. The number of methoxy groups -OCH3 is 1. The Kier molecular flexibility index (Phi) is 4.46. The number of nitrogens with two attached hydrogens (primary N) is 1. The standard InChI is InChI=1S/C14H20N2O4/c1-3-20-11-7-9(15)12(11)16-14(18)8-5-4-6-10(19-2)13(8)17/h4-6,9,11-12,17H,3,7,15H2,1-2H3,(H,16,18). The van der Waals surface area contributed by atoms with Crippen LogP contribution in [0.5, 0.6) is 11.5 Å². The zero-order chi connectivity index (χ0) is 14.7. The first-order valence-electron chi connectivity index (χ1n) is 6.62. The molecule has 3 unspecified atom stereocenters. The van der Waals surface area contributed by atoms with Crippen molar-refractivity contribution in [2.75, 3.05) is 13.7 Å². The number of carbonyl (C=O) groups excluding carboxylic acids is 1. The van der Waals surface area contributed by atoms with E-state index in [9.17, 15) is 9.90 Å².